The molecule has 1 aliphatic rings. The maximum atomic E-state index is 12.9. The normalized spacial score (nSPS) is 20.6. The SMILES string of the molecule is CNCC1CCCN(S(=O)(=O)c2cc(S(C)(=O)=O)ccc2C)C1. The molecule has 0 aliphatic carbocycles. The molecule has 0 radical (unpaired) electrons. The maximum Gasteiger partial charge on any atom is 0.243 e. The van der Waals surface area contributed by atoms with Crippen LogP contribution in [-0.2, 0) is 19.9 Å². The third kappa shape index (κ3) is 4.12. The topological polar surface area (TPSA) is 83.6 Å². The summed E-state index contributed by atoms with van der Waals surface area (Å²) >= 11 is 0. The second-order valence-corrected chi connectivity index (χ2v) is 10.1. The van der Waals surface area contributed by atoms with Crippen molar-refractivity contribution in [3.05, 3.63) is 23.8 Å². The number of nitrogens with zero attached hydrogens (tertiary/aromatic N) is 1. The van der Waals surface area contributed by atoms with Gasteiger partial charge in [0.1, 0.15) is 0 Å². The van der Waals surface area contributed by atoms with Crippen molar-refractivity contribution in [2.75, 3.05) is 32.9 Å². The zero-order valence-corrected chi connectivity index (χ0v) is 15.4. The van der Waals surface area contributed by atoms with Crippen molar-refractivity contribution < 1.29 is 16.8 Å². The molecule has 1 heterocycles. The number of piperidine rings is 1. The van der Waals surface area contributed by atoms with E-state index in [4.69, 9.17) is 0 Å². The molecule has 1 aromatic rings. The summed E-state index contributed by atoms with van der Waals surface area (Å²) in [5, 5.41) is 3.09. The highest BCUT2D eigenvalue weighted by molar-refractivity contribution is 7.91. The molecule has 0 bridgehead atoms. The van der Waals surface area contributed by atoms with Gasteiger partial charge in [0, 0.05) is 19.3 Å². The smallest absolute Gasteiger partial charge is 0.243 e. The molecule has 1 fully saturated rings. The molecule has 23 heavy (non-hydrogen) atoms. The third-order valence-electron chi connectivity index (χ3n) is 4.18. The predicted octanol–water partition coefficient (Wildman–Crippen LogP) is 1.02. The Hall–Kier alpha value is -0.960. The number of nitrogens with one attached hydrogen (secondary N) is 1. The van der Waals surface area contributed by atoms with Crippen LogP contribution in [0, 0.1) is 12.8 Å². The van der Waals surface area contributed by atoms with Crippen LogP contribution in [0.3, 0.4) is 0 Å². The van der Waals surface area contributed by atoms with Crippen LogP contribution in [0.15, 0.2) is 28.0 Å². The largest absolute Gasteiger partial charge is 0.319 e. The molecule has 1 aliphatic heterocycles. The van der Waals surface area contributed by atoms with E-state index in [1.165, 1.54) is 16.4 Å². The van der Waals surface area contributed by atoms with Gasteiger partial charge in [-0.2, -0.15) is 4.31 Å². The first kappa shape index (κ1) is 18.4. The summed E-state index contributed by atoms with van der Waals surface area (Å²) in [6.07, 6.45) is 2.89. The van der Waals surface area contributed by atoms with Crippen molar-refractivity contribution in [2.45, 2.75) is 29.6 Å². The van der Waals surface area contributed by atoms with Gasteiger partial charge in [0.05, 0.1) is 9.79 Å². The van der Waals surface area contributed by atoms with Gasteiger partial charge in [-0.25, -0.2) is 16.8 Å². The summed E-state index contributed by atoms with van der Waals surface area (Å²) < 4.78 is 50.8. The van der Waals surface area contributed by atoms with E-state index in [0.29, 0.717) is 18.7 Å². The molecule has 130 valence electrons. The number of hydrogen-bond donors (Lipinski definition) is 1. The van der Waals surface area contributed by atoms with E-state index in [0.717, 1.165) is 25.6 Å². The fourth-order valence-corrected chi connectivity index (χ4v) is 5.46. The minimum Gasteiger partial charge on any atom is -0.319 e. The minimum absolute atomic E-state index is 0.0328. The van der Waals surface area contributed by atoms with Gasteiger partial charge in [0.15, 0.2) is 9.84 Å². The quantitative estimate of drug-likeness (QED) is 0.847. The van der Waals surface area contributed by atoms with Crippen LogP contribution >= 0.6 is 0 Å². The van der Waals surface area contributed by atoms with Crippen LogP contribution in [0.4, 0.5) is 0 Å². The fraction of sp³-hybridized carbons (Fsp3) is 0.600. The average molecular weight is 361 g/mol. The Labute approximate surface area is 138 Å². The van der Waals surface area contributed by atoms with E-state index in [1.807, 2.05) is 7.05 Å². The van der Waals surface area contributed by atoms with E-state index in [9.17, 15) is 16.8 Å². The molecule has 1 N–H and O–H groups in total. The summed E-state index contributed by atoms with van der Waals surface area (Å²) in [6.45, 7) is 3.40. The number of rotatable bonds is 5. The zero-order chi connectivity index (χ0) is 17.3. The third-order valence-corrected chi connectivity index (χ3v) is 7.30. The Morgan fingerprint density at radius 1 is 1.26 bits per heavy atom. The van der Waals surface area contributed by atoms with E-state index < -0.39 is 19.9 Å². The van der Waals surface area contributed by atoms with Gasteiger partial charge in [-0.15, -0.1) is 0 Å². The molecule has 0 saturated carbocycles. The first-order valence-electron chi connectivity index (χ1n) is 7.61. The lowest BCUT2D eigenvalue weighted by Crippen LogP contribution is -2.42. The van der Waals surface area contributed by atoms with E-state index in [2.05, 4.69) is 5.32 Å². The Morgan fingerprint density at radius 2 is 1.96 bits per heavy atom. The van der Waals surface area contributed by atoms with E-state index in [-0.39, 0.29) is 15.7 Å². The Morgan fingerprint density at radius 3 is 2.57 bits per heavy atom. The molecule has 1 atom stereocenters. The lowest BCUT2D eigenvalue weighted by atomic mass is 10.00. The summed E-state index contributed by atoms with van der Waals surface area (Å²) in [5.74, 6) is 0.280. The molecule has 0 aromatic heterocycles. The molecular weight excluding hydrogens is 336 g/mol. The summed E-state index contributed by atoms with van der Waals surface area (Å²) in [7, 11) is -5.28. The highest BCUT2D eigenvalue weighted by Gasteiger charge is 2.31. The van der Waals surface area contributed by atoms with Crippen molar-refractivity contribution in [3.8, 4) is 0 Å². The van der Waals surface area contributed by atoms with Crippen LogP contribution in [0.25, 0.3) is 0 Å². The lowest BCUT2D eigenvalue weighted by molar-refractivity contribution is 0.263. The first-order chi connectivity index (χ1) is 10.7. The number of hydrogen-bond acceptors (Lipinski definition) is 5. The van der Waals surface area contributed by atoms with Crippen molar-refractivity contribution in [1.82, 2.24) is 9.62 Å². The summed E-state index contributed by atoms with van der Waals surface area (Å²) in [6, 6.07) is 4.28. The van der Waals surface area contributed by atoms with Gasteiger partial charge in [-0.3, -0.25) is 0 Å². The predicted molar refractivity (Wildman–Crippen MR) is 89.7 cm³/mol. The van der Waals surface area contributed by atoms with Gasteiger partial charge in [-0.05, 0) is 57.0 Å². The summed E-state index contributed by atoms with van der Waals surface area (Å²) in [4.78, 5) is 0.121. The molecule has 0 amide bonds. The van der Waals surface area contributed by atoms with Gasteiger partial charge < -0.3 is 5.32 Å². The van der Waals surface area contributed by atoms with Crippen molar-refractivity contribution in [3.63, 3.8) is 0 Å². The Kier molecular flexibility index (Phi) is 5.50. The highest BCUT2D eigenvalue weighted by atomic mass is 32.2. The first-order valence-corrected chi connectivity index (χ1v) is 10.9. The molecule has 6 nitrogen and oxygen atoms in total. The standard InChI is InChI=1S/C15H24N2O4S2/c1-12-6-7-14(22(3,18)19)9-15(12)23(20,21)17-8-4-5-13(11-17)10-16-2/h6-7,9,13,16H,4-5,8,10-11H2,1-3H3. The van der Waals surface area contributed by atoms with Crippen LogP contribution in [0.5, 0.6) is 0 Å². The molecule has 1 unspecified atom stereocenters. The second-order valence-electron chi connectivity index (χ2n) is 6.13. The van der Waals surface area contributed by atoms with Crippen molar-refractivity contribution >= 4 is 19.9 Å². The molecule has 1 aromatic carbocycles. The van der Waals surface area contributed by atoms with Gasteiger partial charge in [0.25, 0.3) is 0 Å². The second kappa shape index (κ2) is 6.88. The van der Waals surface area contributed by atoms with Crippen LogP contribution < -0.4 is 5.32 Å². The zero-order valence-electron chi connectivity index (χ0n) is 13.7. The average Bonchev–Trinajstić information content (AvgIpc) is 2.47. The van der Waals surface area contributed by atoms with Crippen molar-refractivity contribution in [1.29, 1.82) is 0 Å². The number of sulfone groups is 1. The van der Waals surface area contributed by atoms with Crippen molar-refractivity contribution in [2.24, 2.45) is 5.92 Å². The number of benzene rings is 1. The van der Waals surface area contributed by atoms with Gasteiger partial charge >= 0.3 is 0 Å². The molecular formula is C15H24N2O4S2. The van der Waals surface area contributed by atoms with Gasteiger partial charge in [0.2, 0.25) is 10.0 Å². The summed E-state index contributed by atoms with van der Waals surface area (Å²) in [5.41, 5.74) is 0.563. The minimum atomic E-state index is -3.69. The van der Waals surface area contributed by atoms with Crippen LogP contribution in [0.2, 0.25) is 0 Å². The Balaban J connectivity index is 2.39. The highest BCUT2D eigenvalue weighted by Crippen LogP contribution is 2.27. The Bertz CT molecular complexity index is 771. The van der Waals surface area contributed by atoms with Crippen LogP contribution in [0.1, 0.15) is 18.4 Å². The number of sulfonamides is 1. The lowest BCUT2D eigenvalue weighted by Gasteiger charge is -2.32. The monoisotopic (exact) mass is 360 g/mol. The van der Waals surface area contributed by atoms with Gasteiger partial charge in [-0.1, -0.05) is 6.07 Å². The van der Waals surface area contributed by atoms with E-state index in [1.54, 1.807) is 13.0 Å². The fourth-order valence-electron chi connectivity index (χ4n) is 2.93. The van der Waals surface area contributed by atoms with E-state index >= 15 is 0 Å². The molecule has 1 saturated heterocycles. The molecule has 0 spiro atoms. The molecule has 2 rings (SSSR count). The number of aryl methyl sites for hydroxylation is 1. The molecule has 8 heteroatoms. The van der Waals surface area contributed by atoms with Crippen LogP contribution in [-0.4, -0.2) is 54.1 Å². The maximum absolute atomic E-state index is 12.9.